The van der Waals surface area contributed by atoms with Crippen molar-refractivity contribution >= 4 is 28.7 Å². The van der Waals surface area contributed by atoms with E-state index in [9.17, 15) is 36.9 Å². The minimum atomic E-state index is -2.42. The van der Waals surface area contributed by atoms with Gasteiger partial charge in [0, 0.05) is 31.3 Å². The first-order valence-corrected chi connectivity index (χ1v) is 12.4. The third-order valence-electron chi connectivity index (χ3n) is 5.76. The van der Waals surface area contributed by atoms with Crippen LogP contribution in [0.1, 0.15) is 30.1 Å². The van der Waals surface area contributed by atoms with Gasteiger partial charge in [0.1, 0.15) is 24.5 Å². The molecule has 0 aliphatic rings. The molecule has 0 spiro atoms. The molecule has 0 saturated heterocycles. The van der Waals surface area contributed by atoms with Gasteiger partial charge < -0.3 is 14.4 Å². The predicted octanol–water partition coefficient (Wildman–Crippen LogP) is 7.18. The monoisotopic (exact) mass is 590 g/mol. The highest BCUT2D eigenvalue weighted by atomic mass is 19.2. The Morgan fingerprint density at radius 3 is 2.21 bits per heavy atom. The van der Waals surface area contributed by atoms with E-state index in [2.05, 4.69) is 25.8 Å². The Kier molecular flexibility index (Phi) is 10.9. The molecule has 0 atom stereocenters. The van der Waals surface area contributed by atoms with Crippen LogP contribution >= 0.6 is 0 Å². The van der Waals surface area contributed by atoms with Gasteiger partial charge in [-0.15, -0.1) is 17.5 Å². The van der Waals surface area contributed by atoms with Crippen molar-refractivity contribution in [2.75, 3.05) is 31.2 Å². The van der Waals surface area contributed by atoms with E-state index in [-0.39, 0.29) is 17.1 Å². The van der Waals surface area contributed by atoms with Gasteiger partial charge in [0.25, 0.3) is 5.69 Å². The number of hydrogen-bond acceptors (Lipinski definition) is 8. The number of ether oxygens (including phenoxy) is 2. The lowest BCUT2D eigenvalue weighted by Crippen LogP contribution is -2.23. The van der Waals surface area contributed by atoms with Crippen LogP contribution in [-0.2, 0) is 4.74 Å². The maximum atomic E-state index is 13.8. The summed E-state index contributed by atoms with van der Waals surface area (Å²) in [6.45, 7) is 2.33. The fourth-order valence-corrected chi connectivity index (χ4v) is 3.64. The number of nitrogens with zero attached hydrogens (tertiary/aromatic N) is 4. The summed E-state index contributed by atoms with van der Waals surface area (Å²) in [6.07, 6.45) is 6.81. The van der Waals surface area contributed by atoms with Crippen LogP contribution in [0.3, 0.4) is 0 Å². The fraction of sp³-hybridized carbons (Fsp3) is 0.250. The summed E-state index contributed by atoms with van der Waals surface area (Å²) >= 11 is 0. The van der Waals surface area contributed by atoms with Crippen LogP contribution in [0.5, 0.6) is 5.75 Å². The van der Waals surface area contributed by atoms with E-state index in [0.29, 0.717) is 12.1 Å². The number of halogens is 5. The Morgan fingerprint density at radius 1 is 0.976 bits per heavy atom. The summed E-state index contributed by atoms with van der Waals surface area (Å²) in [5.41, 5.74) is -0.666. The molecule has 42 heavy (non-hydrogen) atoms. The molecule has 0 radical (unpaired) electrons. The van der Waals surface area contributed by atoms with Gasteiger partial charge in [0.05, 0.1) is 16.7 Å². The van der Waals surface area contributed by atoms with Crippen LogP contribution in [0.4, 0.5) is 44.7 Å². The Labute approximate surface area is 236 Å². The van der Waals surface area contributed by atoms with Crippen LogP contribution in [0.15, 0.2) is 52.7 Å². The zero-order valence-electron chi connectivity index (χ0n) is 22.1. The lowest BCUT2D eigenvalue weighted by molar-refractivity contribution is -0.384. The summed E-state index contributed by atoms with van der Waals surface area (Å²) in [5.74, 6) is -11.1. The van der Waals surface area contributed by atoms with E-state index < -0.39 is 58.8 Å². The molecule has 0 bridgehead atoms. The minimum Gasteiger partial charge on any atom is -0.487 e. The van der Waals surface area contributed by atoms with Crippen molar-refractivity contribution in [3.63, 3.8) is 0 Å². The molecule has 0 saturated carbocycles. The summed E-state index contributed by atoms with van der Waals surface area (Å²) < 4.78 is 77.5. The van der Waals surface area contributed by atoms with E-state index in [1.165, 1.54) is 6.07 Å². The molecule has 0 fully saturated rings. The molecule has 0 amide bonds. The first-order chi connectivity index (χ1) is 20.1. The third kappa shape index (κ3) is 7.57. The van der Waals surface area contributed by atoms with Crippen molar-refractivity contribution in [1.29, 1.82) is 0 Å². The molecule has 0 aromatic heterocycles. The number of azo groups is 1. The van der Waals surface area contributed by atoms with Crippen molar-refractivity contribution in [3.8, 4) is 18.1 Å². The van der Waals surface area contributed by atoms with Crippen LogP contribution in [0.25, 0.3) is 0 Å². The molecule has 0 aliphatic heterocycles. The number of carbonyl (C=O) groups is 1. The first kappa shape index (κ1) is 31.5. The second-order valence-corrected chi connectivity index (χ2v) is 8.44. The number of benzene rings is 3. The SMILES string of the molecule is C#CCCCN(CC)c1ccc(N=Nc2ccc([N+](=O)[O-])cc2OCCOC(=O)c2c(F)c(F)c(F)c(F)c2F)cc1. The smallest absolute Gasteiger partial charge is 0.344 e. The first-order valence-electron chi connectivity index (χ1n) is 12.4. The summed E-state index contributed by atoms with van der Waals surface area (Å²) in [4.78, 5) is 24.6. The maximum Gasteiger partial charge on any atom is 0.344 e. The molecule has 3 aromatic rings. The van der Waals surface area contributed by atoms with E-state index in [0.717, 1.165) is 37.3 Å². The topological polar surface area (TPSA) is 107 Å². The highest BCUT2D eigenvalue weighted by Gasteiger charge is 2.30. The van der Waals surface area contributed by atoms with E-state index in [1.807, 2.05) is 19.1 Å². The van der Waals surface area contributed by atoms with E-state index in [4.69, 9.17) is 11.2 Å². The summed E-state index contributed by atoms with van der Waals surface area (Å²) in [7, 11) is 0. The number of hydrogen-bond donors (Lipinski definition) is 0. The lowest BCUT2D eigenvalue weighted by atomic mass is 10.1. The van der Waals surface area contributed by atoms with Crippen LogP contribution < -0.4 is 9.64 Å². The molecule has 0 N–H and O–H groups in total. The lowest BCUT2D eigenvalue weighted by Gasteiger charge is -2.22. The molecule has 0 unspecified atom stereocenters. The Morgan fingerprint density at radius 2 is 1.62 bits per heavy atom. The minimum absolute atomic E-state index is 0.0558. The van der Waals surface area contributed by atoms with Crippen molar-refractivity contribution in [2.45, 2.75) is 19.8 Å². The van der Waals surface area contributed by atoms with E-state index in [1.54, 1.807) is 12.1 Å². The number of esters is 1. The van der Waals surface area contributed by atoms with Gasteiger partial charge >= 0.3 is 5.97 Å². The number of nitro benzene ring substituents is 1. The van der Waals surface area contributed by atoms with Gasteiger partial charge in [-0.1, -0.05) is 0 Å². The summed E-state index contributed by atoms with van der Waals surface area (Å²) in [6, 6.07) is 10.6. The molecule has 0 heterocycles. The van der Waals surface area contributed by atoms with Gasteiger partial charge in [0.15, 0.2) is 29.0 Å². The van der Waals surface area contributed by atoms with Crippen molar-refractivity contribution < 1.29 is 41.1 Å². The number of terminal acetylenes is 1. The van der Waals surface area contributed by atoms with Gasteiger partial charge in [-0.05, 0) is 43.7 Å². The Hall–Kier alpha value is -5.06. The van der Waals surface area contributed by atoms with Crippen molar-refractivity contribution in [3.05, 3.63) is 87.2 Å². The van der Waals surface area contributed by atoms with Gasteiger partial charge in [-0.3, -0.25) is 10.1 Å². The zero-order valence-corrected chi connectivity index (χ0v) is 22.1. The van der Waals surface area contributed by atoms with Crippen LogP contribution in [0.2, 0.25) is 0 Å². The molecular formula is C28H23F5N4O5. The summed E-state index contributed by atoms with van der Waals surface area (Å²) in [5, 5.41) is 19.4. The van der Waals surface area contributed by atoms with Gasteiger partial charge in [-0.25, -0.2) is 26.7 Å². The Bertz CT molecular complexity index is 1500. The molecule has 3 rings (SSSR count). The van der Waals surface area contributed by atoms with Crippen molar-refractivity contribution in [1.82, 2.24) is 0 Å². The number of unbranched alkanes of at least 4 members (excludes halogenated alkanes) is 1. The highest BCUT2D eigenvalue weighted by molar-refractivity contribution is 5.90. The largest absolute Gasteiger partial charge is 0.487 e. The Balaban J connectivity index is 1.70. The highest BCUT2D eigenvalue weighted by Crippen LogP contribution is 2.33. The molecule has 14 heteroatoms. The average molecular weight is 591 g/mol. The standard InChI is InChI=1S/C28H23F5N4O5/c1-3-5-6-13-36(4-2)18-9-7-17(8-10-18)34-35-20-12-11-19(37(39)40)16-21(20)41-14-15-42-28(38)22-23(29)25(31)27(33)26(32)24(22)30/h1,7-12,16H,4-6,13-15H2,2H3. The second kappa shape index (κ2) is 14.5. The van der Waals surface area contributed by atoms with Crippen molar-refractivity contribution in [2.24, 2.45) is 10.2 Å². The second-order valence-electron chi connectivity index (χ2n) is 8.44. The molecular weight excluding hydrogens is 567 g/mol. The zero-order chi connectivity index (χ0) is 30.8. The number of carbonyl (C=O) groups excluding carboxylic acids is 1. The molecule has 3 aromatic carbocycles. The van der Waals surface area contributed by atoms with E-state index >= 15 is 0 Å². The number of anilines is 1. The molecule has 220 valence electrons. The third-order valence-corrected chi connectivity index (χ3v) is 5.76. The normalized spacial score (nSPS) is 10.9. The predicted molar refractivity (Wildman–Crippen MR) is 142 cm³/mol. The quantitative estimate of drug-likeness (QED) is 0.0240. The number of non-ortho nitro benzene ring substituents is 1. The number of rotatable bonds is 13. The maximum absolute atomic E-state index is 13.8. The average Bonchev–Trinajstić information content (AvgIpc) is 2.99. The molecule has 9 nitrogen and oxygen atoms in total. The number of nitro groups is 1. The van der Waals surface area contributed by atoms with Crippen LogP contribution in [-0.4, -0.2) is 37.2 Å². The molecule has 0 aliphatic carbocycles. The van der Waals surface area contributed by atoms with Crippen LogP contribution in [0, 0.1) is 51.5 Å². The fourth-order valence-electron chi connectivity index (χ4n) is 3.64. The van der Waals surface area contributed by atoms with Gasteiger partial charge in [0.2, 0.25) is 5.82 Å². The van der Waals surface area contributed by atoms with Gasteiger partial charge in [-0.2, -0.15) is 5.11 Å².